The number of nitrogens with one attached hydrogen (secondary N) is 1. The number of sulfonamides is 1. The Morgan fingerprint density at radius 2 is 1.94 bits per heavy atom. The van der Waals surface area contributed by atoms with Gasteiger partial charge in [-0.05, 0) is 43.1 Å². The number of rotatable bonds is 2. The van der Waals surface area contributed by atoms with E-state index in [9.17, 15) is 12.8 Å². The molecule has 2 atom stereocenters. The highest BCUT2D eigenvalue weighted by atomic mass is 32.2. The van der Waals surface area contributed by atoms with Crippen molar-refractivity contribution >= 4 is 10.0 Å². The lowest BCUT2D eigenvalue weighted by molar-refractivity contribution is 0.383. The van der Waals surface area contributed by atoms with Crippen LogP contribution < -0.4 is 5.32 Å². The van der Waals surface area contributed by atoms with Crippen molar-refractivity contribution < 1.29 is 12.8 Å². The molecule has 0 unspecified atom stereocenters. The SMILES string of the molecule is O=S(=O)(c1ccc(F)cc1)N1CC[C@H]2CNC[C@H]21. The number of nitrogens with zero attached hydrogens (tertiary/aromatic N) is 1. The van der Waals surface area contributed by atoms with Crippen molar-refractivity contribution in [3.8, 4) is 0 Å². The van der Waals surface area contributed by atoms with Gasteiger partial charge in [0.15, 0.2) is 0 Å². The Bertz CT molecular complexity index is 544. The molecule has 2 aliphatic heterocycles. The zero-order valence-electron chi connectivity index (χ0n) is 9.84. The maximum atomic E-state index is 12.8. The number of benzene rings is 1. The predicted octanol–water partition coefficient (Wildman–Crippen LogP) is 0.808. The molecule has 2 saturated heterocycles. The van der Waals surface area contributed by atoms with Gasteiger partial charge < -0.3 is 5.32 Å². The van der Waals surface area contributed by atoms with Crippen molar-refractivity contribution in [2.24, 2.45) is 5.92 Å². The van der Waals surface area contributed by atoms with E-state index >= 15 is 0 Å². The fraction of sp³-hybridized carbons (Fsp3) is 0.500. The van der Waals surface area contributed by atoms with Gasteiger partial charge in [0.25, 0.3) is 0 Å². The first-order valence-electron chi connectivity index (χ1n) is 6.07. The van der Waals surface area contributed by atoms with Crippen molar-refractivity contribution in [1.29, 1.82) is 0 Å². The Morgan fingerprint density at radius 3 is 2.67 bits per heavy atom. The molecule has 0 aliphatic carbocycles. The Balaban J connectivity index is 1.93. The Hall–Kier alpha value is -0.980. The van der Waals surface area contributed by atoms with E-state index in [0.29, 0.717) is 19.0 Å². The molecule has 2 heterocycles. The second-order valence-corrected chi connectivity index (χ2v) is 6.73. The zero-order valence-corrected chi connectivity index (χ0v) is 10.7. The van der Waals surface area contributed by atoms with Crippen LogP contribution in [0.5, 0.6) is 0 Å². The standard InChI is InChI=1S/C12H15FN2O2S/c13-10-1-3-11(4-2-10)18(16,17)15-6-5-9-7-14-8-12(9)15/h1-4,9,12,14H,5-8H2/t9-,12+/m0/s1. The smallest absolute Gasteiger partial charge is 0.243 e. The summed E-state index contributed by atoms with van der Waals surface area (Å²) in [7, 11) is -3.48. The van der Waals surface area contributed by atoms with Gasteiger partial charge >= 0.3 is 0 Å². The average Bonchev–Trinajstić information content (AvgIpc) is 2.90. The normalized spacial score (nSPS) is 28.5. The van der Waals surface area contributed by atoms with Crippen LogP contribution in [0.3, 0.4) is 0 Å². The molecule has 4 nitrogen and oxygen atoms in total. The topological polar surface area (TPSA) is 49.4 Å². The molecule has 0 bridgehead atoms. The lowest BCUT2D eigenvalue weighted by Crippen LogP contribution is -2.38. The Morgan fingerprint density at radius 1 is 1.22 bits per heavy atom. The van der Waals surface area contributed by atoms with E-state index in [1.807, 2.05) is 0 Å². The average molecular weight is 270 g/mol. The first kappa shape index (κ1) is 12.1. The van der Waals surface area contributed by atoms with Crippen LogP contribution in [0.25, 0.3) is 0 Å². The molecule has 98 valence electrons. The van der Waals surface area contributed by atoms with E-state index < -0.39 is 15.8 Å². The lowest BCUT2D eigenvalue weighted by Gasteiger charge is -2.22. The van der Waals surface area contributed by atoms with Gasteiger partial charge in [-0.15, -0.1) is 0 Å². The highest BCUT2D eigenvalue weighted by Gasteiger charge is 2.43. The van der Waals surface area contributed by atoms with Crippen molar-refractivity contribution in [2.75, 3.05) is 19.6 Å². The van der Waals surface area contributed by atoms with E-state index in [0.717, 1.165) is 13.0 Å². The molecule has 1 N–H and O–H groups in total. The minimum atomic E-state index is -3.48. The van der Waals surface area contributed by atoms with E-state index in [2.05, 4.69) is 5.32 Å². The Kier molecular flexibility index (Phi) is 2.88. The predicted molar refractivity (Wildman–Crippen MR) is 65.1 cm³/mol. The third-order valence-electron chi connectivity index (χ3n) is 3.81. The second kappa shape index (κ2) is 4.29. The minimum Gasteiger partial charge on any atom is -0.315 e. The molecule has 3 rings (SSSR count). The summed E-state index contributed by atoms with van der Waals surface area (Å²) < 4.78 is 39.3. The van der Waals surface area contributed by atoms with Crippen LogP contribution in [0.4, 0.5) is 4.39 Å². The fourth-order valence-corrected chi connectivity index (χ4v) is 4.55. The summed E-state index contributed by atoms with van der Waals surface area (Å²) in [5.74, 6) is -0.00370. The largest absolute Gasteiger partial charge is 0.315 e. The van der Waals surface area contributed by atoms with Crippen molar-refractivity contribution in [2.45, 2.75) is 17.4 Å². The third kappa shape index (κ3) is 1.84. The molecular formula is C12H15FN2O2S. The number of hydrogen-bond donors (Lipinski definition) is 1. The van der Waals surface area contributed by atoms with Crippen LogP contribution in [0.1, 0.15) is 6.42 Å². The van der Waals surface area contributed by atoms with Crippen LogP contribution in [-0.2, 0) is 10.0 Å². The van der Waals surface area contributed by atoms with Gasteiger partial charge in [0.1, 0.15) is 5.82 Å². The molecule has 0 spiro atoms. The van der Waals surface area contributed by atoms with E-state index in [4.69, 9.17) is 0 Å². The van der Waals surface area contributed by atoms with Gasteiger partial charge in [-0.1, -0.05) is 0 Å². The van der Waals surface area contributed by atoms with Crippen molar-refractivity contribution in [3.05, 3.63) is 30.1 Å². The highest BCUT2D eigenvalue weighted by Crippen LogP contribution is 2.32. The molecule has 1 aromatic rings. The van der Waals surface area contributed by atoms with Crippen LogP contribution in [-0.4, -0.2) is 38.4 Å². The summed E-state index contributed by atoms with van der Waals surface area (Å²) >= 11 is 0. The summed E-state index contributed by atoms with van der Waals surface area (Å²) in [6.45, 7) is 2.17. The van der Waals surface area contributed by atoms with Crippen LogP contribution in [0.2, 0.25) is 0 Å². The summed E-state index contributed by atoms with van der Waals surface area (Å²) in [4.78, 5) is 0.177. The number of fused-ring (bicyclic) bond motifs is 1. The summed E-state index contributed by atoms with van der Waals surface area (Å²) in [5, 5.41) is 3.22. The third-order valence-corrected chi connectivity index (χ3v) is 5.75. The number of halogens is 1. The minimum absolute atomic E-state index is 0.0556. The molecule has 6 heteroatoms. The molecule has 0 radical (unpaired) electrons. The van der Waals surface area contributed by atoms with E-state index in [-0.39, 0.29) is 10.9 Å². The quantitative estimate of drug-likeness (QED) is 0.865. The van der Waals surface area contributed by atoms with Crippen LogP contribution in [0.15, 0.2) is 29.2 Å². The van der Waals surface area contributed by atoms with E-state index in [1.165, 1.54) is 24.3 Å². The van der Waals surface area contributed by atoms with Gasteiger partial charge in [0.05, 0.1) is 4.90 Å². The van der Waals surface area contributed by atoms with Gasteiger partial charge in [-0.25, -0.2) is 12.8 Å². The summed E-state index contributed by atoms with van der Waals surface area (Å²) in [5.41, 5.74) is 0. The van der Waals surface area contributed by atoms with Crippen LogP contribution >= 0.6 is 0 Å². The van der Waals surface area contributed by atoms with Crippen molar-refractivity contribution in [1.82, 2.24) is 9.62 Å². The van der Waals surface area contributed by atoms with Gasteiger partial charge in [0.2, 0.25) is 10.0 Å². The fourth-order valence-electron chi connectivity index (χ4n) is 2.85. The van der Waals surface area contributed by atoms with Crippen molar-refractivity contribution in [3.63, 3.8) is 0 Å². The molecule has 0 aromatic heterocycles. The van der Waals surface area contributed by atoms with Gasteiger partial charge in [-0.3, -0.25) is 0 Å². The molecule has 2 fully saturated rings. The van der Waals surface area contributed by atoms with Crippen LogP contribution in [0, 0.1) is 11.7 Å². The lowest BCUT2D eigenvalue weighted by atomic mass is 10.1. The first-order valence-corrected chi connectivity index (χ1v) is 7.51. The molecule has 0 amide bonds. The highest BCUT2D eigenvalue weighted by molar-refractivity contribution is 7.89. The Labute approximate surface area is 106 Å². The summed E-state index contributed by atoms with van der Waals surface area (Å²) in [6, 6.07) is 5.10. The molecule has 2 aliphatic rings. The maximum absolute atomic E-state index is 12.8. The molecule has 0 saturated carbocycles. The maximum Gasteiger partial charge on any atom is 0.243 e. The molecular weight excluding hydrogens is 255 g/mol. The number of hydrogen-bond acceptors (Lipinski definition) is 3. The summed E-state index contributed by atoms with van der Waals surface area (Å²) in [6.07, 6.45) is 0.901. The monoisotopic (exact) mass is 270 g/mol. The van der Waals surface area contributed by atoms with Gasteiger partial charge in [-0.2, -0.15) is 4.31 Å². The second-order valence-electron chi connectivity index (χ2n) is 4.84. The zero-order chi connectivity index (χ0) is 12.8. The first-order chi connectivity index (χ1) is 8.59. The van der Waals surface area contributed by atoms with Gasteiger partial charge in [0, 0.05) is 19.1 Å². The van der Waals surface area contributed by atoms with E-state index in [1.54, 1.807) is 4.31 Å². The molecule has 18 heavy (non-hydrogen) atoms. The molecule has 1 aromatic carbocycles.